The molecule has 1 N–H and O–H groups in total. The SMILES string of the molecule is Cc1cc(C(=O)NC[C@@H](c2ccc(Cl)cc2)N2CCCC2)cc(C)n1. The van der Waals surface area contributed by atoms with Gasteiger partial charge in [0, 0.05) is 28.5 Å². The van der Waals surface area contributed by atoms with Crippen LogP contribution in [0.2, 0.25) is 5.02 Å². The number of amides is 1. The average Bonchev–Trinajstić information content (AvgIpc) is 3.10. The Labute approximate surface area is 154 Å². The Morgan fingerprint density at radius 1 is 1.16 bits per heavy atom. The molecule has 1 aromatic carbocycles. The van der Waals surface area contributed by atoms with E-state index in [-0.39, 0.29) is 11.9 Å². The Morgan fingerprint density at radius 3 is 2.36 bits per heavy atom. The van der Waals surface area contributed by atoms with E-state index in [0.717, 1.165) is 29.5 Å². The van der Waals surface area contributed by atoms with Crippen LogP contribution in [0.4, 0.5) is 0 Å². The van der Waals surface area contributed by atoms with Crippen molar-refractivity contribution < 1.29 is 4.79 Å². The molecule has 0 unspecified atom stereocenters. The number of likely N-dealkylation sites (tertiary alicyclic amines) is 1. The van der Waals surface area contributed by atoms with Crippen molar-refractivity contribution in [1.29, 1.82) is 0 Å². The lowest BCUT2D eigenvalue weighted by atomic mass is 10.1. The number of hydrogen-bond acceptors (Lipinski definition) is 3. The fraction of sp³-hybridized carbons (Fsp3) is 0.400. The van der Waals surface area contributed by atoms with Gasteiger partial charge in [-0.05, 0) is 69.6 Å². The largest absolute Gasteiger partial charge is 0.350 e. The van der Waals surface area contributed by atoms with Crippen LogP contribution in [0.15, 0.2) is 36.4 Å². The van der Waals surface area contributed by atoms with Gasteiger partial charge in [0.15, 0.2) is 0 Å². The molecule has 0 saturated carbocycles. The van der Waals surface area contributed by atoms with E-state index in [1.807, 2.05) is 38.1 Å². The van der Waals surface area contributed by atoms with Gasteiger partial charge in [0.25, 0.3) is 5.91 Å². The number of carbonyl (C=O) groups excluding carboxylic acids is 1. The average molecular weight is 358 g/mol. The van der Waals surface area contributed by atoms with Gasteiger partial charge < -0.3 is 5.32 Å². The van der Waals surface area contributed by atoms with Crippen LogP contribution in [-0.4, -0.2) is 35.4 Å². The van der Waals surface area contributed by atoms with E-state index in [1.54, 1.807) is 0 Å². The van der Waals surface area contributed by atoms with Gasteiger partial charge in [0.05, 0.1) is 6.04 Å². The molecular formula is C20H24ClN3O. The van der Waals surface area contributed by atoms with Crippen molar-refractivity contribution in [3.63, 3.8) is 0 Å². The zero-order chi connectivity index (χ0) is 17.8. The zero-order valence-electron chi connectivity index (χ0n) is 14.8. The number of aromatic nitrogens is 1. The summed E-state index contributed by atoms with van der Waals surface area (Å²) in [6, 6.07) is 11.8. The Bertz CT molecular complexity index is 719. The van der Waals surface area contributed by atoms with E-state index in [1.165, 1.54) is 18.4 Å². The minimum absolute atomic E-state index is 0.0493. The number of pyridine rings is 1. The van der Waals surface area contributed by atoms with Crippen LogP contribution in [0.25, 0.3) is 0 Å². The molecule has 1 fully saturated rings. The molecule has 0 spiro atoms. The number of halogens is 1. The molecule has 0 aliphatic carbocycles. The number of benzene rings is 1. The second-order valence-corrected chi connectivity index (χ2v) is 7.10. The standard InChI is InChI=1S/C20H24ClN3O/c1-14-11-17(12-15(2)23-14)20(25)22-13-19(24-9-3-4-10-24)16-5-7-18(21)8-6-16/h5-8,11-12,19H,3-4,9-10,13H2,1-2H3,(H,22,25)/t19-/m0/s1. The van der Waals surface area contributed by atoms with Gasteiger partial charge in [-0.2, -0.15) is 0 Å². The first-order chi connectivity index (χ1) is 12.0. The van der Waals surface area contributed by atoms with E-state index < -0.39 is 0 Å². The molecule has 2 heterocycles. The van der Waals surface area contributed by atoms with E-state index >= 15 is 0 Å². The summed E-state index contributed by atoms with van der Waals surface area (Å²) in [5.41, 5.74) is 3.58. The summed E-state index contributed by atoms with van der Waals surface area (Å²) < 4.78 is 0. The first-order valence-electron chi connectivity index (χ1n) is 8.76. The van der Waals surface area contributed by atoms with E-state index in [0.29, 0.717) is 12.1 Å². The predicted molar refractivity (Wildman–Crippen MR) is 101 cm³/mol. The van der Waals surface area contributed by atoms with Gasteiger partial charge >= 0.3 is 0 Å². The molecule has 1 atom stereocenters. The highest BCUT2D eigenvalue weighted by atomic mass is 35.5. The maximum absolute atomic E-state index is 12.6. The summed E-state index contributed by atoms with van der Waals surface area (Å²) in [5.74, 6) is -0.0493. The van der Waals surface area contributed by atoms with Gasteiger partial charge in [0.2, 0.25) is 0 Å². The molecule has 5 heteroatoms. The second-order valence-electron chi connectivity index (χ2n) is 6.66. The van der Waals surface area contributed by atoms with Crippen molar-refractivity contribution in [3.05, 3.63) is 63.9 Å². The van der Waals surface area contributed by atoms with Crippen molar-refractivity contribution in [2.24, 2.45) is 0 Å². The first-order valence-corrected chi connectivity index (χ1v) is 9.14. The summed E-state index contributed by atoms with van der Waals surface area (Å²) in [6.45, 7) is 6.53. The summed E-state index contributed by atoms with van der Waals surface area (Å²) in [6.07, 6.45) is 2.42. The van der Waals surface area contributed by atoms with Crippen molar-refractivity contribution in [1.82, 2.24) is 15.2 Å². The molecule has 3 rings (SSSR count). The number of nitrogens with one attached hydrogen (secondary N) is 1. The Morgan fingerprint density at radius 2 is 1.76 bits per heavy atom. The van der Waals surface area contributed by atoms with Crippen LogP contribution in [0.1, 0.15) is 46.2 Å². The van der Waals surface area contributed by atoms with Crippen LogP contribution >= 0.6 is 11.6 Å². The summed E-state index contributed by atoms with van der Waals surface area (Å²) in [7, 11) is 0. The minimum atomic E-state index is -0.0493. The molecular weight excluding hydrogens is 334 g/mol. The Hall–Kier alpha value is -1.91. The molecule has 0 bridgehead atoms. The first kappa shape index (κ1) is 17.9. The quantitative estimate of drug-likeness (QED) is 0.882. The lowest BCUT2D eigenvalue weighted by Crippen LogP contribution is -2.36. The Balaban J connectivity index is 1.73. The summed E-state index contributed by atoms with van der Waals surface area (Å²) in [4.78, 5) is 19.3. The normalized spacial score (nSPS) is 16.0. The van der Waals surface area contributed by atoms with Gasteiger partial charge in [-0.3, -0.25) is 14.7 Å². The molecule has 1 saturated heterocycles. The minimum Gasteiger partial charge on any atom is -0.350 e. The summed E-state index contributed by atoms with van der Waals surface area (Å²) in [5, 5.41) is 3.83. The van der Waals surface area contributed by atoms with E-state index in [9.17, 15) is 4.79 Å². The van der Waals surface area contributed by atoms with Crippen LogP contribution in [0, 0.1) is 13.8 Å². The van der Waals surface area contributed by atoms with Gasteiger partial charge in [-0.25, -0.2) is 0 Å². The molecule has 2 aromatic rings. The van der Waals surface area contributed by atoms with Crippen molar-refractivity contribution >= 4 is 17.5 Å². The van der Waals surface area contributed by atoms with Crippen LogP contribution < -0.4 is 5.32 Å². The topological polar surface area (TPSA) is 45.2 Å². The maximum atomic E-state index is 12.6. The fourth-order valence-corrected chi connectivity index (χ4v) is 3.58. The molecule has 1 aromatic heterocycles. The monoisotopic (exact) mass is 357 g/mol. The lowest BCUT2D eigenvalue weighted by Gasteiger charge is -2.28. The molecule has 0 radical (unpaired) electrons. The number of hydrogen-bond donors (Lipinski definition) is 1. The molecule has 1 aliphatic rings. The van der Waals surface area contributed by atoms with Crippen LogP contribution in [-0.2, 0) is 0 Å². The van der Waals surface area contributed by atoms with E-state index in [2.05, 4.69) is 27.3 Å². The number of rotatable bonds is 5. The lowest BCUT2D eigenvalue weighted by molar-refractivity contribution is 0.0937. The molecule has 4 nitrogen and oxygen atoms in total. The van der Waals surface area contributed by atoms with Crippen LogP contribution in [0.5, 0.6) is 0 Å². The van der Waals surface area contributed by atoms with Gasteiger partial charge in [0.1, 0.15) is 0 Å². The molecule has 132 valence electrons. The van der Waals surface area contributed by atoms with Gasteiger partial charge in [-0.1, -0.05) is 23.7 Å². The van der Waals surface area contributed by atoms with Crippen molar-refractivity contribution in [2.75, 3.05) is 19.6 Å². The third kappa shape index (κ3) is 4.59. The van der Waals surface area contributed by atoms with Gasteiger partial charge in [-0.15, -0.1) is 0 Å². The Kier molecular flexibility index (Phi) is 5.71. The predicted octanol–water partition coefficient (Wildman–Crippen LogP) is 3.92. The second kappa shape index (κ2) is 7.98. The number of carbonyl (C=O) groups is 1. The smallest absolute Gasteiger partial charge is 0.251 e. The van der Waals surface area contributed by atoms with Crippen molar-refractivity contribution in [2.45, 2.75) is 32.7 Å². The third-order valence-corrected chi connectivity index (χ3v) is 4.89. The molecule has 25 heavy (non-hydrogen) atoms. The highest BCUT2D eigenvalue weighted by molar-refractivity contribution is 6.30. The molecule has 1 aliphatic heterocycles. The number of aryl methyl sites for hydroxylation is 2. The third-order valence-electron chi connectivity index (χ3n) is 4.64. The zero-order valence-corrected chi connectivity index (χ0v) is 15.5. The highest BCUT2D eigenvalue weighted by Crippen LogP contribution is 2.25. The van der Waals surface area contributed by atoms with E-state index in [4.69, 9.17) is 11.6 Å². The number of nitrogens with zero attached hydrogens (tertiary/aromatic N) is 2. The fourth-order valence-electron chi connectivity index (χ4n) is 3.45. The van der Waals surface area contributed by atoms with Crippen LogP contribution in [0.3, 0.4) is 0 Å². The maximum Gasteiger partial charge on any atom is 0.251 e. The highest BCUT2D eigenvalue weighted by Gasteiger charge is 2.24. The summed E-state index contributed by atoms with van der Waals surface area (Å²) >= 11 is 6.02. The molecule has 1 amide bonds. The van der Waals surface area contributed by atoms with Crippen molar-refractivity contribution in [3.8, 4) is 0 Å².